The molecule has 1 heterocycles. The van der Waals surface area contributed by atoms with Crippen molar-refractivity contribution >= 4 is 11.8 Å². The quantitative estimate of drug-likeness (QED) is 0.897. The summed E-state index contributed by atoms with van der Waals surface area (Å²) in [5, 5.41) is 0.991. The molecule has 0 amide bonds. The molecular formula is C14H16N2S. The van der Waals surface area contributed by atoms with Gasteiger partial charge in [0.25, 0.3) is 0 Å². The second-order valence-corrected chi connectivity index (χ2v) is 5.23. The summed E-state index contributed by atoms with van der Waals surface area (Å²) in [5.41, 5.74) is 8.25. The molecular weight excluding hydrogens is 228 g/mol. The minimum absolute atomic E-state index is 0.0508. The van der Waals surface area contributed by atoms with E-state index in [0.717, 1.165) is 10.6 Å². The Kier molecular flexibility index (Phi) is 3.82. The SMILES string of the molecule is Cc1cccc(Sc2cc([C@H](C)N)ccn2)c1. The first-order valence-corrected chi connectivity index (χ1v) is 6.43. The number of hydrogen-bond donors (Lipinski definition) is 1. The van der Waals surface area contributed by atoms with Gasteiger partial charge in [-0.05, 0) is 43.7 Å². The molecule has 1 atom stereocenters. The summed E-state index contributed by atoms with van der Waals surface area (Å²) in [6.45, 7) is 4.08. The third-order valence-corrected chi connectivity index (χ3v) is 3.42. The highest BCUT2D eigenvalue weighted by molar-refractivity contribution is 7.99. The van der Waals surface area contributed by atoms with E-state index in [1.54, 1.807) is 11.8 Å². The van der Waals surface area contributed by atoms with Gasteiger partial charge in [0, 0.05) is 17.1 Å². The zero-order chi connectivity index (χ0) is 12.3. The van der Waals surface area contributed by atoms with Gasteiger partial charge in [-0.2, -0.15) is 0 Å². The molecule has 0 fully saturated rings. The molecule has 0 spiro atoms. The van der Waals surface area contributed by atoms with Crippen molar-refractivity contribution in [2.75, 3.05) is 0 Å². The largest absolute Gasteiger partial charge is 0.324 e. The van der Waals surface area contributed by atoms with Crippen LogP contribution in [0.1, 0.15) is 24.1 Å². The van der Waals surface area contributed by atoms with E-state index in [1.165, 1.54) is 10.5 Å². The van der Waals surface area contributed by atoms with Gasteiger partial charge in [-0.15, -0.1) is 0 Å². The highest BCUT2D eigenvalue weighted by Crippen LogP contribution is 2.27. The van der Waals surface area contributed by atoms with Gasteiger partial charge in [0.1, 0.15) is 5.03 Å². The van der Waals surface area contributed by atoms with E-state index >= 15 is 0 Å². The van der Waals surface area contributed by atoms with Crippen molar-refractivity contribution in [3.05, 3.63) is 53.7 Å². The molecule has 2 N–H and O–H groups in total. The van der Waals surface area contributed by atoms with Gasteiger partial charge in [0.15, 0.2) is 0 Å². The zero-order valence-corrected chi connectivity index (χ0v) is 10.9. The molecule has 1 aromatic heterocycles. The smallest absolute Gasteiger partial charge is 0.101 e. The van der Waals surface area contributed by atoms with Crippen molar-refractivity contribution in [3.8, 4) is 0 Å². The van der Waals surface area contributed by atoms with Crippen molar-refractivity contribution in [3.63, 3.8) is 0 Å². The number of hydrogen-bond acceptors (Lipinski definition) is 3. The average molecular weight is 244 g/mol. The Hall–Kier alpha value is -1.32. The van der Waals surface area contributed by atoms with Gasteiger partial charge in [-0.3, -0.25) is 0 Å². The van der Waals surface area contributed by atoms with Crippen molar-refractivity contribution < 1.29 is 0 Å². The van der Waals surface area contributed by atoms with Crippen LogP contribution in [-0.4, -0.2) is 4.98 Å². The fraction of sp³-hybridized carbons (Fsp3) is 0.214. The second-order valence-electron chi connectivity index (χ2n) is 4.13. The fourth-order valence-electron chi connectivity index (χ4n) is 1.56. The van der Waals surface area contributed by atoms with Gasteiger partial charge >= 0.3 is 0 Å². The maximum atomic E-state index is 5.86. The molecule has 2 rings (SSSR count). The van der Waals surface area contributed by atoms with E-state index in [9.17, 15) is 0 Å². The molecule has 2 aromatic rings. The molecule has 0 saturated carbocycles. The molecule has 0 aliphatic rings. The maximum absolute atomic E-state index is 5.86. The minimum Gasteiger partial charge on any atom is -0.324 e. The zero-order valence-electron chi connectivity index (χ0n) is 10.1. The second kappa shape index (κ2) is 5.34. The van der Waals surface area contributed by atoms with E-state index in [-0.39, 0.29) is 6.04 Å². The van der Waals surface area contributed by atoms with Crippen LogP contribution in [0.3, 0.4) is 0 Å². The van der Waals surface area contributed by atoms with Crippen LogP contribution < -0.4 is 5.73 Å². The van der Waals surface area contributed by atoms with E-state index in [1.807, 2.05) is 19.2 Å². The number of benzene rings is 1. The number of aryl methyl sites for hydroxylation is 1. The van der Waals surface area contributed by atoms with E-state index < -0.39 is 0 Å². The molecule has 0 saturated heterocycles. The number of rotatable bonds is 3. The molecule has 17 heavy (non-hydrogen) atoms. The Balaban J connectivity index is 2.21. The lowest BCUT2D eigenvalue weighted by atomic mass is 10.1. The number of pyridine rings is 1. The Morgan fingerprint density at radius 2 is 2.06 bits per heavy atom. The van der Waals surface area contributed by atoms with Gasteiger partial charge in [-0.25, -0.2) is 4.98 Å². The number of nitrogens with two attached hydrogens (primary N) is 1. The van der Waals surface area contributed by atoms with E-state index in [4.69, 9.17) is 5.73 Å². The molecule has 0 aliphatic heterocycles. The highest BCUT2D eigenvalue weighted by atomic mass is 32.2. The predicted octanol–water partition coefficient (Wildman–Crippen LogP) is 3.56. The minimum atomic E-state index is 0.0508. The Labute approximate surface area is 106 Å². The van der Waals surface area contributed by atoms with Crippen LogP contribution in [0.4, 0.5) is 0 Å². The standard InChI is InChI=1S/C14H16N2S/c1-10-4-3-5-13(8-10)17-14-9-12(11(2)15)6-7-16-14/h3-9,11H,15H2,1-2H3/t11-/m0/s1. The lowest BCUT2D eigenvalue weighted by Gasteiger charge is -2.07. The summed E-state index contributed by atoms with van der Waals surface area (Å²) in [6, 6.07) is 12.5. The third-order valence-electron chi connectivity index (χ3n) is 2.50. The van der Waals surface area contributed by atoms with Gasteiger partial charge < -0.3 is 5.73 Å². The first-order chi connectivity index (χ1) is 8.15. The van der Waals surface area contributed by atoms with Crippen LogP contribution >= 0.6 is 11.8 Å². The van der Waals surface area contributed by atoms with E-state index in [2.05, 4.69) is 42.2 Å². The van der Waals surface area contributed by atoms with E-state index in [0.29, 0.717) is 0 Å². The van der Waals surface area contributed by atoms with Crippen LogP contribution in [0.5, 0.6) is 0 Å². The predicted molar refractivity (Wildman–Crippen MR) is 72.1 cm³/mol. The Morgan fingerprint density at radius 1 is 1.24 bits per heavy atom. The maximum Gasteiger partial charge on any atom is 0.101 e. The first kappa shape index (κ1) is 12.1. The van der Waals surface area contributed by atoms with Crippen LogP contribution in [0.2, 0.25) is 0 Å². The average Bonchev–Trinajstić information content (AvgIpc) is 2.29. The van der Waals surface area contributed by atoms with Crippen LogP contribution in [0, 0.1) is 6.92 Å². The van der Waals surface area contributed by atoms with Crippen LogP contribution in [0.25, 0.3) is 0 Å². The fourth-order valence-corrected chi connectivity index (χ4v) is 2.50. The molecule has 0 bridgehead atoms. The number of nitrogens with zero attached hydrogens (tertiary/aromatic N) is 1. The van der Waals surface area contributed by atoms with Crippen molar-refractivity contribution in [1.29, 1.82) is 0 Å². The summed E-state index contributed by atoms with van der Waals surface area (Å²) >= 11 is 1.67. The topological polar surface area (TPSA) is 38.9 Å². The van der Waals surface area contributed by atoms with Crippen molar-refractivity contribution in [1.82, 2.24) is 4.98 Å². The molecule has 0 unspecified atom stereocenters. The molecule has 2 nitrogen and oxygen atoms in total. The summed E-state index contributed by atoms with van der Waals surface area (Å²) in [4.78, 5) is 5.56. The lowest BCUT2D eigenvalue weighted by molar-refractivity contribution is 0.808. The summed E-state index contributed by atoms with van der Waals surface area (Å²) in [5.74, 6) is 0. The molecule has 0 aliphatic carbocycles. The van der Waals surface area contributed by atoms with Crippen LogP contribution in [0.15, 0.2) is 52.5 Å². The number of aromatic nitrogens is 1. The van der Waals surface area contributed by atoms with Crippen molar-refractivity contribution in [2.45, 2.75) is 29.8 Å². The molecule has 88 valence electrons. The van der Waals surface area contributed by atoms with Gasteiger partial charge in [0.2, 0.25) is 0 Å². The summed E-state index contributed by atoms with van der Waals surface area (Å²) < 4.78 is 0. The normalized spacial score (nSPS) is 12.4. The molecule has 0 radical (unpaired) electrons. The third kappa shape index (κ3) is 3.32. The first-order valence-electron chi connectivity index (χ1n) is 5.61. The highest BCUT2D eigenvalue weighted by Gasteiger charge is 2.03. The summed E-state index contributed by atoms with van der Waals surface area (Å²) in [6.07, 6.45) is 1.82. The monoisotopic (exact) mass is 244 g/mol. The van der Waals surface area contributed by atoms with Crippen molar-refractivity contribution in [2.24, 2.45) is 5.73 Å². The van der Waals surface area contributed by atoms with Gasteiger partial charge in [0.05, 0.1) is 0 Å². The Bertz CT molecular complexity index is 509. The molecule has 3 heteroatoms. The molecule has 1 aromatic carbocycles. The van der Waals surface area contributed by atoms with Crippen LogP contribution in [-0.2, 0) is 0 Å². The van der Waals surface area contributed by atoms with Gasteiger partial charge in [-0.1, -0.05) is 29.5 Å². The lowest BCUT2D eigenvalue weighted by Crippen LogP contribution is -2.04. The Morgan fingerprint density at radius 3 is 2.76 bits per heavy atom. The summed E-state index contributed by atoms with van der Waals surface area (Å²) in [7, 11) is 0.